The highest BCUT2D eigenvalue weighted by Crippen LogP contribution is 2.30. The van der Waals surface area contributed by atoms with E-state index in [0.717, 1.165) is 26.9 Å². The minimum absolute atomic E-state index is 0.178. The third-order valence-corrected chi connectivity index (χ3v) is 6.06. The van der Waals surface area contributed by atoms with Crippen molar-refractivity contribution in [3.8, 4) is 11.5 Å². The largest absolute Gasteiger partial charge is 0.497 e. The molecular weight excluding hydrogens is 512 g/mol. The summed E-state index contributed by atoms with van der Waals surface area (Å²) in [5.41, 5.74) is 2.70. The number of nitrogens with one attached hydrogen (secondary N) is 1. The van der Waals surface area contributed by atoms with Crippen LogP contribution in [0, 0.1) is 0 Å². The number of hydrogen-bond acceptors (Lipinski definition) is 5. The van der Waals surface area contributed by atoms with Crippen molar-refractivity contribution in [3.05, 3.63) is 93.5 Å². The second-order valence-electron chi connectivity index (χ2n) is 7.80. The molecule has 1 heterocycles. The van der Waals surface area contributed by atoms with E-state index in [1.54, 1.807) is 30.3 Å². The normalized spacial score (nSPS) is 14.8. The summed E-state index contributed by atoms with van der Waals surface area (Å²) in [5, 5.41) is 2.25. The zero-order valence-corrected chi connectivity index (χ0v) is 20.8. The molecular formula is C27H23BrN2O5. The lowest BCUT2D eigenvalue weighted by molar-refractivity contribution is -0.122. The number of nitrogens with zero attached hydrogens (tertiary/aromatic N) is 1. The monoisotopic (exact) mass is 534 g/mol. The number of aryl methyl sites for hydroxylation is 1. The van der Waals surface area contributed by atoms with E-state index >= 15 is 0 Å². The molecule has 4 rings (SSSR count). The topological polar surface area (TPSA) is 84.9 Å². The van der Waals surface area contributed by atoms with Crippen LogP contribution in [0.15, 0.2) is 76.8 Å². The first-order chi connectivity index (χ1) is 16.9. The summed E-state index contributed by atoms with van der Waals surface area (Å²) in [6.07, 6.45) is 2.25. The first-order valence-corrected chi connectivity index (χ1v) is 11.7. The first kappa shape index (κ1) is 24.2. The second kappa shape index (κ2) is 10.6. The molecule has 4 amide bonds. The number of carbonyl (C=O) groups excluding carboxylic acids is 3. The molecule has 1 fully saturated rings. The third kappa shape index (κ3) is 5.44. The number of barbiturate groups is 1. The third-order valence-electron chi connectivity index (χ3n) is 5.53. The fourth-order valence-electron chi connectivity index (χ4n) is 3.56. The van der Waals surface area contributed by atoms with Gasteiger partial charge in [-0.05, 0) is 60.0 Å². The summed E-state index contributed by atoms with van der Waals surface area (Å²) in [6.45, 7) is 2.28. The van der Waals surface area contributed by atoms with Crippen molar-refractivity contribution in [1.82, 2.24) is 5.32 Å². The van der Waals surface area contributed by atoms with Gasteiger partial charge in [-0.1, -0.05) is 47.1 Å². The summed E-state index contributed by atoms with van der Waals surface area (Å²) in [7, 11) is 1.54. The van der Waals surface area contributed by atoms with Crippen LogP contribution in [0.1, 0.15) is 23.6 Å². The van der Waals surface area contributed by atoms with Gasteiger partial charge < -0.3 is 9.47 Å². The highest BCUT2D eigenvalue weighted by atomic mass is 79.9. The van der Waals surface area contributed by atoms with Crippen LogP contribution >= 0.6 is 15.9 Å². The minimum atomic E-state index is -0.789. The van der Waals surface area contributed by atoms with E-state index in [0.29, 0.717) is 22.7 Å². The standard InChI is InChI=1S/C27H23BrN2O5/c1-3-17-6-11-21(12-7-17)30-26(32)23(25(31)29-27(30)33)14-19-8-13-22(34-2)15-24(19)35-16-18-4-9-20(28)10-5-18/h4-15H,3,16H2,1-2H3,(H,29,31,33)/b23-14+. The van der Waals surface area contributed by atoms with E-state index in [4.69, 9.17) is 9.47 Å². The number of imide groups is 2. The van der Waals surface area contributed by atoms with Gasteiger partial charge in [-0.3, -0.25) is 14.9 Å². The molecule has 3 aromatic carbocycles. The molecule has 0 unspecified atom stereocenters. The average molecular weight is 535 g/mol. The fourth-order valence-corrected chi connectivity index (χ4v) is 3.82. The Kier molecular flexibility index (Phi) is 7.31. The zero-order valence-electron chi connectivity index (χ0n) is 19.2. The average Bonchev–Trinajstić information content (AvgIpc) is 2.87. The van der Waals surface area contributed by atoms with Gasteiger partial charge in [0.2, 0.25) is 0 Å². The van der Waals surface area contributed by atoms with Crippen LogP contribution in [0.25, 0.3) is 6.08 Å². The maximum Gasteiger partial charge on any atom is 0.335 e. The number of anilines is 1. The van der Waals surface area contributed by atoms with Crippen molar-refractivity contribution in [2.24, 2.45) is 0 Å². The van der Waals surface area contributed by atoms with Crippen LogP contribution in [0.4, 0.5) is 10.5 Å². The quantitative estimate of drug-likeness (QED) is 0.330. The lowest BCUT2D eigenvalue weighted by atomic mass is 10.1. The van der Waals surface area contributed by atoms with Crippen LogP contribution in [-0.2, 0) is 22.6 Å². The Morgan fingerprint density at radius 3 is 2.29 bits per heavy atom. The van der Waals surface area contributed by atoms with Crippen molar-refractivity contribution in [2.75, 3.05) is 12.0 Å². The predicted octanol–water partition coefficient (Wildman–Crippen LogP) is 5.27. The number of ether oxygens (including phenoxy) is 2. The van der Waals surface area contributed by atoms with Gasteiger partial charge >= 0.3 is 6.03 Å². The van der Waals surface area contributed by atoms with Gasteiger partial charge in [0.15, 0.2) is 0 Å². The maximum atomic E-state index is 13.3. The Balaban J connectivity index is 1.66. The first-order valence-electron chi connectivity index (χ1n) is 10.9. The molecule has 8 heteroatoms. The highest BCUT2D eigenvalue weighted by Gasteiger charge is 2.37. The number of halogens is 1. The van der Waals surface area contributed by atoms with E-state index in [-0.39, 0.29) is 12.2 Å². The molecule has 1 N–H and O–H groups in total. The molecule has 0 aromatic heterocycles. The smallest absolute Gasteiger partial charge is 0.335 e. The Labute approximate surface area is 211 Å². The van der Waals surface area contributed by atoms with E-state index in [1.165, 1.54) is 13.2 Å². The van der Waals surface area contributed by atoms with Gasteiger partial charge in [0, 0.05) is 16.1 Å². The van der Waals surface area contributed by atoms with Crippen molar-refractivity contribution < 1.29 is 23.9 Å². The molecule has 0 bridgehead atoms. The van der Waals surface area contributed by atoms with Crippen molar-refractivity contribution in [2.45, 2.75) is 20.0 Å². The predicted molar refractivity (Wildman–Crippen MR) is 136 cm³/mol. The van der Waals surface area contributed by atoms with Crippen LogP contribution < -0.4 is 19.7 Å². The van der Waals surface area contributed by atoms with Crippen LogP contribution in [0.5, 0.6) is 11.5 Å². The summed E-state index contributed by atoms with van der Waals surface area (Å²) < 4.78 is 12.3. The van der Waals surface area contributed by atoms with Gasteiger partial charge in [0.1, 0.15) is 23.7 Å². The molecule has 1 saturated heterocycles. The summed E-state index contributed by atoms with van der Waals surface area (Å²) in [4.78, 5) is 39.3. The number of rotatable bonds is 7. The molecule has 0 saturated carbocycles. The molecule has 0 spiro atoms. The maximum absolute atomic E-state index is 13.3. The molecule has 1 aliphatic rings. The Morgan fingerprint density at radius 1 is 0.943 bits per heavy atom. The lowest BCUT2D eigenvalue weighted by Crippen LogP contribution is -2.54. The van der Waals surface area contributed by atoms with Gasteiger partial charge in [0.05, 0.1) is 12.8 Å². The number of benzene rings is 3. The van der Waals surface area contributed by atoms with Gasteiger partial charge in [-0.25, -0.2) is 9.69 Å². The number of carbonyl (C=O) groups is 3. The lowest BCUT2D eigenvalue weighted by Gasteiger charge is -2.26. The number of hydrogen-bond donors (Lipinski definition) is 1. The van der Waals surface area contributed by atoms with E-state index in [9.17, 15) is 14.4 Å². The van der Waals surface area contributed by atoms with Gasteiger partial charge in [-0.2, -0.15) is 0 Å². The van der Waals surface area contributed by atoms with Crippen molar-refractivity contribution in [3.63, 3.8) is 0 Å². The van der Waals surface area contributed by atoms with Crippen molar-refractivity contribution >= 4 is 45.5 Å². The Bertz CT molecular complexity index is 1300. The summed E-state index contributed by atoms with van der Waals surface area (Å²) in [5.74, 6) is -0.491. The fraction of sp³-hybridized carbons (Fsp3) is 0.148. The summed E-state index contributed by atoms with van der Waals surface area (Å²) >= 11 is 3.41. The molecule has 1 aliphatic heterocycles. The molecule has 35 heavy (non-hydrogen) atoms. The molecule has 0 aliphatic carbocycles. The molecule has 7 nitrogen and oxygen atoms in total. The number of amides is 4. The van der Waals surface area contributed by atoms with E-state index < -0.39 is 17.8 Å². The van der Waals surface area contributed by atoms with E-state index in [1.807, 2.05) is 43.3 Å². The Morgan fingerprint density at radius 2 is 1.63 bits per heavy atom. The molecule has 178 valence electrons. The van der Waals surface area contributed by atoms with Crippen LogP contribution in [0.3, 0.4) is 0 Å². The van der Waals surface area contributed by atoms with Gasteiger partial charge in [-0.15, -0.1) is 0 Å². The van der Waals surface area contributed by atoms with E-state index in [2.05, 4.69) is 21.2 Å². The minimum Gasteiger partial charge on any atom is -0.497 e. The molecule has 0 radical (unpaired) electrons. The molecule has 3 aromatic rings. The second-order valence-corrected chi connectivity index (χ2v) is 8.71. The molecule has 0 atom stereocenters. The highest BCUT2D eigenvalue weighted by molar-refractivity contribution is 9.10. The zero-order chi connectivity index (χ0) is 24.9. The Hall–Kier alpha value is -3.91. The van der Waals surface area contributed by atoms with Crippen molar-refractivity contribution in [1.29, 1.82) is 0 Å². The summed E-state index contributed by atoms with van der Waals surface area (Å²) in [6, 6.07) is 19.0. The van der Waals surface area contributed by atoms with Crippen LogP contribution in [-0.4, -0.2) is 25.0 Å². The van der Waals surface area contributed by atoms with Gasteiger partial charge in [0.25, 0.3) is 11.8 Å². The number of urea groups is 1. The van der Waals surface area contributed by atoms with Crippen LogP contribution in [0.2, 0.25) is 0 Å². The number of methoxy groups -OCH3 is 1. The SMILES string of the molecule is CCc1ccc(N2C(=O)NC(=O)/C(=C\c3ccc(OC)cc3OCc3ccc(Br)cc3)C2=O)cc1.